The minimum Gasteiger partial charge on any atom is -0.347 e. The Labute approximate surface area is 127 Å². The van der Waals surface area contributed by atoms with E-state index in [1.165, 1.54) is 17.4 Å². The van der Waals surface area contributed by atoms with Crippen LogP contribution in [0.4, 0.5) is 5.69 Å². The second-order valence-corrected chi connectivity index (χ2v) is 6.08. The van der Waals surface area contributed by atoms with Crippen LogP contribution in [0.1, 0.15) is 20.8 Å². The van der Waals surface area contributed by atoms with Crippen molar-refractivity contribution < 1.29 is 9.72 Å². The zero-order valence-corrected chi connectivity index (χ0v) is 13.0. The highest BCUT2D eigenvalue weighted by Crippen LogP contribution is 2.21. The number of nitrogens with one attached hydrogen (secondary N) is 1. The first-order chi connectivity index (χ1) is 9.47. The number of benzene rings is 1. The molecule has 104 valence electrons. The SMILES string of the molecule is Cc1ccc(C(=O)NCc2cc(Br)cs2)cc1[N+](=O)[O-]. The molecular formula is C13H11BrN2O3S. The van der Waals surface area contributed by atoms with Gasteiger partial charge < -0.3 is 5.32 Å². The summed E-state index contributed by atoms with van der Waals surface area (Å²) in [6.45, 7) is 2.04. The first kappa shape index (κ1) is 14.7. The lowest BCUT2D eigenvalue weighted by Gasteiger charge is -2.04. The molecule has 7 heteroatoms. The van der Waals surface area contributed by atoms with Gasteiger partial charge in [-0.1, -0.05) is 6.07 Å². The minimum absolute atomic E-state index is 0.0449. The first-order valence-electron chi connectivity index (χ1n) is 5.73. The molecule has 2 aromatic rings. The Morgan fingerprint density at radius 1 is 1.45 bits per heavy atom. The number of rotatable bonds is 4. The summed E-state index contributed by atoms with van der Waals surface area (Å²) >= 11 is 4.87. The highest BCUT2D eigenvalue weighted by molar-refractivity contribution is 9.10. The fourth-order valence-electron chi connectivity index (χ4n) is 1.66. The van der Waals surface area contributed by atoms with Gasteiger partial charge in [-0.2, -0.15) is 0 Å². The van der Waals surface area contributed by atoms with E-state index in [4.69, 9.17) is 0 Å². The van der Waals surface area contributed by atoms with Gasteiger partial charge in [0.1, 0.15) is 0 Å². The van der Waals surface area contributed by atoms with Crippen LogP contribution >= 0.6 is 27.3 Å². The molecular weight excluding hydrogens is 344 g/mol. The van der Waals surface area contributed by atoms with Crippen molar-refractivity contribution in [1.82, 2.24) is 5.32 Å². The third kappa shape index (κ3) is 3.43. The summed E-state index contributed by atoms with van der Waals surface area (Å²) in [5.41, 5.74) is 0.781. The lowest BCUT2D eigenvalue weighted by atomic mass is 10.1. The maximum atomic E-state index is 12.0. The summed E-state index contributed by atoms with van der Waals surface area (Å²) in [5.74, 6) is -0.322. The molecule has 1 aromatic heterocycles. The number of nitro groups is 1. The lowest BCUT2D eigenvalue weighted by molar-refractivity contribution is -0.385. The van der Waals surface area contributed by atoms with E-state index >= 15 is 0 Å². The van der Waals surface area contributed by atoms with Crippen molar-refractivity contribution in [2.75, 3.05) is 0 Å². The fraction of sp³-hybridized carbons (Fsp3) is 0.154. The summed E-state index contributed by atoms with van der Waals surface area (Å²) in [4.78, 5) is 23.3. The lowest BCUT2D eigenvalue weighted by Crippen LogP contribution is -2.22. The molecule has 1 heterocycles. The predicted molar refractivity (Wildman–Crippen MR) is 81.0 cm³/mol. The van der Waals surface area contributed by atoms with Gasteiger partial charge in [0.15, 0.2) is 0 Å². The topological polar surface area (TPSA) is 72.2 Å². The van der Waals surface area contributed by atoms with Crippen molar-refractivity contribution >= 4 is 38.9 Å². The number of aryl methyl sites for hydroxylation is 1. The number of nitro benzene ring substituents is 1. The number of hydrogen-bond acceptors (Lipinski definition) is 4. The highest BCUT2D eigenvalue weighted by atomic mass is 79.9. The Hall–Kier alpha value is -1.73. The van der Waals surface area contributed by atoms with Gasteiger partial charge in [-0.05, 0) is 35.0 Å². The molecule has 1 N–H and O–H groups in total. The number of thiophene rings is 1. The summed E-state index contributed by atoms with van der Waals surface area (Å²) in [6.07, 6.45) is 0. The molecule has 0 aliphatic heterocycles. The van der Waals surface area contributed by atoms with Crippen molar-refractivity contribution in [3.8, 4) is 0 Å². The predicted octanol–water partition coefficient (Wildman–Crippen LogP) is 3.66. The van der Waals surface area contributed by atoms with Gasteiger partial charge in [-0.3, -0.25) is 14.9 Å². The molecule has 1 aromatic carbocycles. The Bertz CT molecular complexity index is 669. The smallest absolute Gasteiger partial charge is 0.273 e. The molecule has 0 atom stereocenters. The van der Waals surface area contributed by atoms with E-state index in [1.54, 1.807) is 19.1 Å². The number of carbonyl (C=O) groups excluding carboxylic acids is 1. The number of nitrogens with zero attached hydrogens (tertiary/aromatic N) is 1. The van der Waals surface area contributed by atoms with E-state index in [9.17, 15) is 14.9 Å². The van der Waals surface area contributed by atoms with Crippen molar-refractivity contribution in [2.24, 2.45) is 0 Å². The van der Waals surface area contributed by atoms with E-state index in [0.717, 1.165) is 9.35 Å². The molecule has 0 fully saturated rings. The van der Waals surface area contributed by atoms with Crippen LogP contribution in [0.2, 0.25) is 0 Å². The van der Waals surface area contributed by atoms with Crippen LogP contribution in [-0.2, 0) is 6.54 Å². The number of carbonyl (C=O) groups is 1. The standard InChI is InChI=1S/C13H11BrN2O3S/c1-8-2-3-9(4-12(8)16(18)19)13(17)15-6-11-5-10(14)7-20-11/h2-5,7H,6H2,1H3,(H,15,17). The largest absolute Gasteiger partial charge is 0.347 e. The second-order valence-electron chi connectivity index (χ2n) is 4.17. The molecule has 0 spiro atoms. The summed E-state index contributed by atoms with van der Waals surface area (Å²) in [7, 11) is 0. The number of halogens is 1. The van der Waals surface area contributed by atoms with Crippen molar-refractivity contribution in [3.05, 3.63) is 60.2 Å². The Kier molecular flexibility index (Phi) is 4.51. The fourth-order valence-corrected chi connectivity index (χ4v) is 3.05. The molecule has 0 aliphatic carbocycles. The summed E-state index contributed by atoms with van der Waals surface area (Å²) in [6, 6.07) is 6.38. The first-order valence-corrected chi connectivity index (χ1v) is 7.41. The van der Waals surface area contributed by atoms with E-state index < -0.39 is 4.92 Å². The quantitative estimate of drug-likeness (QED) is 0.672. The average Bonchev–Trinajstić information content (AvgIpc) is 2.82. The molecule has 1 amide bonds. The molecule has 0 aliphatic rings. The van der Waals surface area contributed by atoms with Crippen molar-refractivity contribution in [2.45, 2.75) is 13.5 Å². The molecule has 0 saturated heterocycles. The van der Waals surface area contributed by atoms with Crippen LogP contribution in [0.3, 0.4) is 0 Å². The molecule has 2 rings (SSSR count). The van der Waals surface area contributed by atoms with E-state index in [1.807, 2.05) is 11.4 Å². The molecule has 0 bridgehead atoms. The van der Waals surface area contributed by atoms with Gasteiger partial charge in [0.05, 0.1) is 11.5 Å². The third-order valence-corrected chi connectivity index (χ3v) is 4.41. The molecule has 20 heavy (non-hydrogen) atoms. The van der Waals surface area contributed by atoms with Crippen LogP contribution in [0.15, 0.2) is 34.1 Å². The maximum absolute atomic E-state index is 12.0. The Morgan fingerprint density at radius 2 is 2.20 bits per heavy atom. The minimum atomic E-state index is -0.484. The zero-order chi connectivity index (χ0) is 14.7. The monoisotopic (exact) mass is 354 g/mol. The van der Waals surface area contributed by atoms with Gasteiger partial charge >= 0.3 is 0 Å². The maximum Gasteiger partial charge on any atom is 0.273 e. The normalized spacial score (nSPS) is 10.3. The summed E-state index contributed by atoms with van der Waals surface area (Å²) in [5, 5.41) is 15.5. The number of amides is 1. The third-order valence-electron chi connectivity index (χ3n) is 2.71. The van der Waals surface area contributed by atoms with Crippen molar-refractivity contribution in [3.63, 3.8) is 0 Å². The van der Waals surface area contributed by atoms with E-state index in [0.29, 0.717) is 12.1 Å². The van der Waals surface area contributed by atoms with Crippen LogP contribution in [0.25, 0.3) is 0 Å². The van der Waals surface area contributed by atoms with Gasteiger partial charge in [0.25, 0.3) is 11.6 Å². The van der Waals surface area contributed by atoms with Crippen LogP contribution in [0, 0.1) is 17.0 Å². The molecule has 0 unspecified atom stereocenters. The molecule has 0 radical (unpaired) electrons. The van der Waals surface area contributed by atoms with Crippen LogP contribution in [-0.4, -0.2) is 10.8 Å². The van der Waals surface area contributed by atoms with Gasteiger partial charge in [0, 0.05) is 31.9 Å². The average molecular weight is 355 g/mol. The Morgan fingerprint density at radius 3 is 2.80 bits per heavy atom. The van der Waals surface area contributed by atoms with Gasteiger partial charge in [-0.25, -0.2) is 0 Å². The van der Waals surface area contributed by atoms with Gasteiger partial charge in [0.2, 0.25) is 0 Å². The van der Waals surface area contributed by atoms with Crippen LogP contribution < -0.4 is 5.32 Å². The number of hydrogen-bond donors (Lipinski definition) is 1. The van der Waals surface area contributed by atoms with Crippen LogP contribution in [0.5, 0.6) is 0 Å². The van der Waals surface area contributed by atoms with Gasteiger partial charge in [-0.15, -0.1) is 11.3 Å². The van der Waals surface area contributed by atoms with E-state index in [2.05, 4.69) is 21.2 Å². The summed E-state index contributed by atoms with van der Waals surface area (Å²) < 4.78 is 0.970. The second kappa shape index (κ2) is 6.15. The zero-order valence-electron chi connectivity index (χ0n) is 10.6. The van der Waals surface area contributed by atoms with Crippen molar-refractivity contribution in [1.29, 1.82) is 0 Å². The van der Waals surface area contributed by atoms with E-state index in [-0.39, 0.29) is 17.2 Å². The Balaban J connectivity index is 2.09. The molecule has 5 nitrogen and oxygen atoms in total. The highest BCUT2D eigenvalue weighted by Gasteiger charge is 2.14. The molecule has 0 saturated carbocycles.